The normalized spacial score (nSPS) is 19.1. The summed E-state index contributed by atoms with van der Waals surface area (Å²) in [7, 11) is 1.24. The van der Waals surface area contributed by atoms with Gasteiger partial charge in [-0.3, -0.25) is 14.4 Å². The molecule has 1 heterocycles. The number of carbonyl (C=O) groups excluding carboxylic acids is 3. The molecule has 1 unspecified atom stereocenters. The molecule has 100 valence electrons. The summed E-state index contributed by atoms with van der Waals surface area (Å²) < 4.78 is 4.60. The molecule has 1 fully saturated rings. The number of hydrogen-bond donors (Lipinski definition) is 0. The molecule has 0 saturated carbocycles. The highest BCUT2D eigenvalue weighted by Gasteiger charge is 2.35. The van der Waals surface area contributed by atoms with E-state index in [2.05, 4.69) is 4.74 Å². The van der Waals surface area contributed by atoms with Gasteiger partial charge in [-0.15, -0.1) is 0 Å². The van der Waals surface area contributed by atoms with E-state index in [0.717, 1.165) is 0 Å². The first kappa shape index (κ1) is 13.3. The van der Waals surface area contributed by atoms with Gasteiger partial charge in [0.05, 0.1) is 7.11 Å². The molecular weight excluding hydrogens is 246 g/mol. The lowest BCUT2D eigenvalue weighted by molar-refractivity contribution is -0.151. The van der Waals surface area contributed by atoms with Crippen molar-refractivity contribution in [2.45, 2.75) is 6.42 Å². The molecule has 0 bridgehead atoms. The van der Waals surface area contributed by atoms with Crippen molar-refractivity contribution in [3.63, 3.8) is 0 Å². The van der Waals surface area contributed by atoms with Gasteiger partial charge in [0.25, 0.3) is 5.91 Å². The first-order valence-electron chi connectivity index (χ1n) is 6.08. The maximum Gasteiger partial charge on any atom is 0.318 e. The molecule has 5 nitrogen and oxygen atoms in total. The summed E-state index contributed by atoms with van der Waals surface area (Å²) >= 11 is 0. The number of amides is 1. The zero-order valence-electron chi connectivity index (χ0n) is 10.7. The molecule has 2 rings (SSSR count). The van der Waals surface area contributed by atoms with Gasteiger partial charge in [-0.25, -0.2) is 0 Å². The molecule has 1 aromatic carbocycles. The van der Waals surface area contributed by atoms with Crippen LogP contribution >= 0.6 is 0 Å². The van der Waals surface area contributed by atoms with Crippen molar-refractivity contribution in [3.05, 3.63) is 35.9 Å². The monoisotopic (exact) mass is 261 g/mol. The molecule has 1 atom stereocenters. The molecule has 19 heavy (non-hydrogen) atoms. The molecule has 1 amide bonds. The first-order chi connectivity index (χ1) is 9.13. The lowest BCUT2D eigenvalue weighted by atomic mass is 9.96. The number of ether oxygens (including phenoxy) is 1. The minimum Gasteiger partial charge on any atom is -0.468 e. The van der Waals surface area contributed by atoms with Crippen molar-refractivity contribution in [3.8, 4) is 0 Å². The number of nitrogens with zero attached hydrogens (tertiary/aromatic N) is 1. The highest BCUT2D eigenvalue weighted by Crippen LogP contribution is 2.17. The number of benzene rings is 1. The van der Waals surface area contributed by atoms with E-state index in [-0.39, 0.29) is 24.7 Å². The number of methoxy groups -OCH3 is 1. The van der Waals surface area contributed by atoms with Crippen LogP contribution in [0.1, 0.15) is 16.8 Å². The minimum atomic E-state index is -0.855. The lowest BCUT2D eigenvalue weighted by Crippen LogP contribution is -2.47. The van der Waals surface area contributed by atoms with Crippen LogP contribution in [-0.4, -0.2) is 42.8 Å². The van der Waals surface area contributed by atoms with Crippen LogP contribution in [0.2, 0.25) is 0 Å². The fourth-order valence-corrected chi connectivity index (χ4v) is 2.13. The van der Waals surface area contributed by atoms with Crippen LogP contribution in [0.4, 0.5) is 0 Å². The van der Waals surface area contributed by atoms with Crippen LogP contribution in [0.15, 0.2) is 30.3 Å². The Labute approximate surface area is 111 Å². The standard InChI is InChI=1S/C14H15NO4/c1-19-14(18)11-9-15(8-7-12(11)16)13(17)10-5-3-2-4-6-10/h2-6,11H,7-9H2,1H3. The number of piperidine rings is 1. The molecular formula is C14H15NO4. The van der Waals surface area contributed by atoms with E-state index >= 15 is 0 Å². The van der Waals surface area contributed by atoms with Crippen LogP contribution in [0.5, 0.6) is 0 Å². The van der Waals surface area contributed by atoms with Gasteiger partial charge in [0, 0.05) is 25.1 Å². The summed E-state index contributed by atoms with van der Waals surface area (Å²) in [6.45, 7) is 0.444. The van der Waals surface area contributed by atoms with Crippen LogP contribution in [0.3, 0.4) is 0 Å². The fraction of sp³-hybridized carbons (Fsp3) is 0.357. The SMILES string of the molecule is COC(=O)C1CN(C(=O)c2ccccc2)CCC1=O. The Balaban J connectivity index is 2.12. The third-order valence-electron chi connectivity index (χ3n) is 3.21. The van der Waals surface area contributed by atoms with E-state index in [0.29, 0.717) is 12.1 Å². The van der Waals surface area contributed by atoms with Gasteiger partial charge in [0.2, 0.25) is 0 Å². The lowest BCUT2D eigenvalue weighted by Gasteiger charge is -2.30. The fourth-order valence-electron chi connectivity index (χ4n) is 2.13. The van der Waals surface area contributed by atoms with Crippen molar-refractivity contribution in [2.75, 3.05) is 20.2 Å². The predicted octanol–water partition coefficient (Wildman–Crippen LogP) is 0.891. The van der Waals surface area contributed by atoms with Gasteiger partial charge in [-0.05, 0) is 12.1 Å². The quantitative estimate of drug-likeness (QED) is 0.586. The number of ketones is 1. The summed E-state index contributed by atoms with van der Waals surface area (Å²) in [6, 6.07) is 8.81. The molecule has 0 aliphatic carbocycles. The van der Waals surface area contributed by atoms with E-state index in [9.17, 15) is 14.4 Å². The highest BCUT2D eigenvalue weighted by molar-refractivity contribution is 6.02. The zero-order chi connectivity index (χ0) is 13.8. The molecule has 5 heteroatoms. The second-order valence-electron chi connectivity index (χ2n) is 4.41. The van der Waals surface area contributed by atoms with Gasteiger partial charge < -0.3 is 9.64 Å². The Morgan fingerprint density at radius 3 is 2.58 bits per heavy atom. The molecule has 1 aliphatic heterocycles. The number of rotatable bonds is 2. The van der Waals surface area contributed by atoms with Crippen molar-refractivity contribution >= 4 is 17.7 Å². The summed E-state index contributed by atoms with van der Waals surface area (Å²) in [6.07, 6.45) is 0.193. The average molecular weight is 261 g/mol. The van der Waals surface area contributed by atoms with Crippen molar-refractivity contribution in [2.24, 2.45) is 5.92 Å². The van der Waals surface area contributed by atoms with Gasteiger partial charge >= 0.3 is 5.97 Å². The van der Waals surface area contributed by atoms with Crippen LogP contribution in [0, 0.1) is 5.92 Å². The largest absolute Gasteiger partial charge is 0.468 e. The zero-order valence-corrected chi connectivity index (χ0v) is 10.7. The van der Waals surface area contributed by atoms with E-state index in [4.69, 9.17) is 0 Å². The van der Waals surface area contributed by atoms with Crippen molar-refractivity contribution < 1.29 is 19.1 Å². The van der Waals surface area contributed by atoms with E-state index in [1.54, 1.807) is 24.3 Å². The maximum absolute atomic E-state index is 12.2. The average Bonchev–Trinajstić information content (AvgIpc) is 2.47. The summed E-state index contributed by atoms with van der Waals surface area (Å²) in [4.78, 5) is 36.9. The Morgan fingerprint density at radius 1 is 1.26 bits per heavy atom. The van der Waals surface area contributed by atoms with E-state index < -0.39 is 11.9 Å². The van der Waals surface area contributed by atoms with Crippen LogP contribution in [0.25, 0.3) is 0 Å². The molecule has 0 aromatic heterocycles. The highest BCUT2D eigenvalue weighted by atomic mass is 16.5. The van der Waals surface area contributed by atoms with Crippen molar-refractivity contribution in [1.29, 1.82) is 0 Å². The van der Waals surface area contributed by atoms with E-state index in [1.807, 2.05) is 6.07 Å². The van der Waals surface area contributed by atoms with Gasteiger partial charge in [-0.1, -0.05) is 18.2 Å². The molecule has 1 aliphatic rings. The Kier molecular flexibility index (Phi) is 3.94. The molecule has 0 spiro atoms. The molecule has 1 aromatic rings. The van der Waals surface area contributed by atoms with Gasteiger partial charge in [0.1, 0.15) is 5.92 Å². The second-order valence-corrected chi connectivity index (χ2v) is 4.41. The van der Waals surface area contributed by atoms with E-state index in [1.165, 1.54) is 12.0 Å². The number of Topliss-reactive ketones (excluding diaryl/α,β-unsaturated/α-hetero) is 1. The third-order valence-corrected chi connectivity index (χ3v) is 3.21. The Morgan fingerprint density at radius 2 is 1.95 bits per heavy atom. The van der Waals surface area contributed by atoms with Crippen LogP contribution in [-0.2, 0) is 14.3 Å². The molecule has 0 radical (unpaired) electrons. The Hall–Kier alpha value is -2.17. The van der Waals surface area contributed by atoms with Gasteiger partial charge in [-0.2, -0.15) is 0 Å². The van der Waals surface area contributed by atoms with Crippen molar-refractivity contribution in [1.82, 2.24) is 4.90 Å². The first-order valence-corrected chi connectivity index (χ1v) is 6.08. The number of likely N-dealkylation sites (tertiary alicyclic amines) is 1. The Bertz CT molecular complexity index is 489. The number of carbonyl (C=O) groups is 3. The minimum absolute atomic E-state index is 0.0965. The summed E-state index contributed by atoms with van der Waals surface area (Å²) in [5.41, 5.74) is 0.556. The summed E-state index contributed by atoms with van der Waals surface area (Å²) in [5.74, 6) is -1.76. The number of hydrogen-bond acceptors (Lipinski definition) is 4. The maximum atomic E-state index is 12.2. The molecule has 1 saturated heterocycles. The summed E-state index contributed by atoms with van der Waals surface area (Å²) in [5, 5.41) is 0. The topological polar surface area (TPSA) is 63.7 Å². The van der Waals surface area contributed by atoms with Crippen LogP contribution < -0.4 is 0 Å². The predicted molar refractivity (Wildman–Crippen MR) is 67.5 cm³/mol. The third kappa shape index (κ3) is 2.81. The second kappa shape index (κ2) is 5.65. The number of esters is 1. The molecule has 0 N–H and O–H groups in total. The smallest absolute Gasteiger partial charge is 0.318 e. The van der Waals surface area contributed by atoms with Gasteiger partial charge in [0.15, 0.2) is 5.78 Å².